The lowest BCUT2D eigenvalue weighted by molar-refractivity contribution is 0.0696. The molecule has 1 amide bonds. The van der Waals surface area contributed by atoms with E-state index in [9.17, 15) is 9.59 Å². The molecule has 0 aliphatic rings. The van der Waals surface area contributed by atoms with E-state index >= 15 is 0 Å². The number of carboxylic acids is 1. The smallest absolute Gasteiger partial charge is 0.335 e. The molecule has 6 heteroatoms. The summed E-state index contributed by atoms with van der Waals surface area (Å²) in [5.41, 5.74) is 6.65. The number of nitrogens with two attached hydrogens (primary N) is 1. The van der Waals surface area contributed by atoms with Gasteiger partial charge in [-0.3, -0.25) is 4.79 Å². The zero-order valence-electron chi connectivity index (χ0n) is 10.9. The van der Waals surface area contributed by atoms with Gasteiger partial charge < -0.3 is 10.8 Å². The first-order valence-corrected chi connectivity index (χ1v) is 7.38. The normalized spacial score (nSPS) is 10.3. The molecule has 0 radical (unpaired) electrons. The van der Waals surface area contributed by atoms with Gasteiger partial charge in [0.05, 0.1) is 5.56 Å². The molecule has 0 saturated heterocycles. The fraction of sp³-hybridized carbons (Fsp3) is 0.0667. The predicted molar refractivity (Wildman–Crippen MR) is 82.9 cm³/mol. The molecule has 0 atom stereocenters. The van der Waals surface area contributed by atoms with Crippen molar-refractivity contribution < 1.29 is 14.7 Å². The van der Waals surface area contributed by atoms with Crippen molar-refractivity contribution in [2.45, 2.75) is 10.6 Å². The first kappa shape index (κ1) is 15.4. The van der Waals surface area contributed by atoms with Crippen LogP contribution in [0.15, 0.2) is 47.4 Å². The maximum Gasteiger partial charge on any atom is 0.335 e. The summed E-state index contributed by atoms with van der Waals surface area (Å²) < 4.78 is 0. The summed E-state index contributed by atoms with van der Waals surface area (Å²) in [6.45, 7) is 0. The summed E-state index contributed by atoms with van der Waals surface area (Å²) in [7, 11) is 0. The van der Waals surface area contributed by atoms with Gasteiger partial charge >= 0.3 is 5.97 Å². The number of aromatic carboxylic acids is 1. The summed E-state index contributed by atoms with van der Waals surface area (Å²) in [4.78, 5) is 22.8. The van der Waals surface area contributed by atoms with Gasteiger partial charge in [-0.1, -0.05) is 23.7 Å². The lowest BCUT2D eigenvalue weighted by Gasteiger charge is -2.06. The molecule has 21 heavy (non-hydrogen) atoms. The Morgan fingerprint density at radius 1 is 1.14 bits per heavy atom. The van der Waals surface area contributed by atoms with Crippen molar-refractivity contribution in [3.8, 4) is 0 Å². The second kappa shape index (κ2) is 6.65. The van der Waals surface area contributed by atoms with Gasteiger partial charge in [-0.2, -0.15) is 0 Å². The Bertz CT molecular complexity index is 703. The van der Waals surface area contributed by atoms with Gasteiger partial charge in [-0.15, -0.1) is 11.8 Å². The van der Waals surface area contributed by atoms with Crippen LogP contribution in [0, 0.1) is 0 Å². The third kappa shape index (κ3) is 4.00. The van der Waals surface area contributed by atoms with E-state index in [4.69, 9.17) is 22.4 Å². The summed E-state index contributed by atoms with van der Waals surface area (Å²) >= 11 is 7.58. The third-order valence-corrected chi connectivity index (χ3v) is 4.21. The molecule has 0 heterocycles. The molecule has 2 aromatic carbocycles. The first-order chi connectivity index (χ1) is 9.97. The number of carbonyl (C=O) groups is 2. The van der Waals surface area contributed by atoms with Crippen LogP contribution in [0.25, 0.3) is 0 Å². The van der Waals surface area contributed by atoms with E-state index in [0.717, 1.165) is 10.5 Å². The quantitative estimate of drug-likeness (QED) is 0.827. The number of carbonyl (C=O) groups excluding carboxylic acids is 1. The number of benzene rings is 2. The summed E-state index contributed by atoms with van der Waals surface area (Å²) in [6, 6.07) is 11.6. The summed E-state index contributed by atoms with van der Waals surface area (Å²) in [6.07, 6.45) is 0. The fourth-order valence-corrected chi connectivity index (χ4v) is 2.98. The summed E-state index contributed by atoms with van der Waals surface area (Å²) in [5, 5.41) is 9.41. The largest absolute Gasteiger partial charge is 0.478 e. The number of rotatable bonds is 5. The maximum absolute atomic E-state index is 11.0. The topological polar surface area (TPSA) is 80.4 Å². The molecule has 0 saturated carbocycles. The minimum absolute atomic E-state index is 0.246. The molecule has 2 rings (SSSR count). The maximum atomic E-state index is 11.0. The van der Waals surface area contributed by atoms with E-state index in [1.807, 2.05) is 6.07 Å². The van der Waals surface area contributed by atoms with Crippen molar-refractivity contribution in [2.24, 2.45) is 5.73 Å². The number of amides is 1. The van der Waals surface area contributed by atoms with E-state index < -0.39 is 11.9 Å². The summed E-state index contributed by atoms with van der Waals surface area (Å²) in [5.74, 6) is -0.910. The molecule has 0 aliphatic carbocycles. The highest BCUT2D eigenvalue weighted by molar-refractivity contribution is 7.98. The molecule has 0 unspecified atom stereocenters. The van der Waals surface area contributed by atoms with Crippen molar-refractivity contribution in [1.82, 2.24) is 0 Å². The van der Waals surface area contributed by atoms with Crippen LogP contribution in [0.1, 0.15) is 26.3 Å². The molecule has 4 nitrogen and oxygen atoms in total. The molecular weight excluding hydrogens is 310 g/mol. The highest BCUT2D eigenvalue weighted by Crippen LogP contribution is 2.28. The molecule has 2 aromatic rings. The van der Waals surface area contributed by atoms with Crippen LogP contribution in [-0.4, -0.2) is 17.0 Å². The minimum Gasteiger partial charge on any atom is -0.478 e. The zero-order chi connectivity index (χ0) is 15.4. The van der Waals surface area contributed by atoms with Gasteiger partial charge in [0, 0.05) is 21.2 Å². The average molecular weight is 322 g/mol. The van der Waals surface area contributed by atoms with Crippen LogP contribution < -0.4 is 5.73 Å². The second-order valence-corrected chi connectivity index (χ2v) is 5.75. The monoisotopic (exact) mass is 321 g/mol. The number of carboxylic acid groups (broad SMARTS) is 1. The van der Waals surface area contributed by atoms with E-state index in [-0.39, 0.29) is 5.56 Å². The SMILES string of the molecule is NC(=O)c1ccc(CSc2cccc(C(=O)O)c2)c(Cl)c1. The van der Waals surface area contributed by atoms with Gasteiger partial charge in [-0.25, -0.2) is 4.79 Å². The minimum atomic E-state index is -0.957. The molecule has 0 aliphatic heterocycles. The number of hydrogen-bond acceptors (Lipinski definition) is 3. The average Bonchev–Trinajstić information content (AvgIpc) is 2.46. The number of primary amides is 1. The van der Waals surface area contributed by atoms with Gasteiger partial charge in [0.1, 0.15) is 0 Å². The van der Waals surface area contributed by atoms with Gasteiger partial charge in [0.25, 0.3) is 0 Å². The van der Waals surface area contributed by atoms with Crippen LogP contribution in [-0.2, 0) is 5.75 Å². The molecule has 0 spiro atoms. The Morgan fingerprint density at radius 3 is 2.52 bits per heavy atom. The molecular formula is C15H12ClNO3S. The van der Waals surface area contributed by atoms with Crippen LogP contribution >= 0.6 is 23.4 Å². The van der Waals surface area contributed by atoms with Crippen molar-refractivity contribution in [2.75, 3.05) is 0 Å². The Hall–Kier alpha value is -1.98. The number of halogens is 1. The van der Waals surface area contributed by atoms with E-state index in [0.29, 0.717) is 16.3 Å². The Morgan fingerprint density at radius 2 is 1.90 bits per heavy atom. The second-order valence-electron chi connectivity index (χ2n) is 4.29. The van der Waals surface area contributed by atoms with Gasteiger partial charge in [0.2, 0.25) is 5.91 Å². The van der Waals surface area contributed by atoms with Crippen molar-refractivity contribution >= 4 is 35.2 Å². The van der Waals surface area contributed by atoms with Crippen molar-refractivity contribution in [1.29, 1.82) is 0 Å². The van der Waals surface area contributed by atoms with Crippen LogP contribution in [0.4, 0.5) is 0 Å². The standard InChI is InChI=1S/C15H12ClNO3S/c16-13-7-9(14(17)18)4-5-11(13)8-21-12-3-1-2-10(6-12)15(19)20/h1-7H,8H2,(H2,17,18)(H,19,20). The van der Waals surface area contributed by atoms with Crippen molar-refractivity contribution in [3.05, 3.63) is 64.2 Å². The lowest BCUT2D eigenvalue weighted by atomic mass is 10.1. The van der Waals surface area contributed by atoms with E-state index in [1.165, 1.54) is 17.8 Å². The van der Waals surface area contributed by atoms with Crippen molar-refractivity contribution in [3.63, 3.8) is 0 Å². The Labute approximate surface area is 130 Å². The van der Waals surface area contributed by atoms with Gasteiger partial charge in [0.15, 0.2) is 0 Å². The highest BCUT2D eigenvalue weighted by atomic mass is 35.5. The molecule has 0 fully saturated rings. The van der Waals surface area contributed by atoms with Crippen LogP contribution in [0.5, 0.6) is 0 Å². The first-order valence-electron chi connectivity index (χ1n) is 6.02. The molecule has 0 bridgehead atoms. The van der Waals surface area contributed by atoms with E-state index in [1.54, 1.807) is 30.3 Å². The molecule has 108 valence electrons. The Balaban J connectivity index is 2.11. The number of thioether (sulfide) groups is 1. The zero-order valence-corrected chi connectivity index (χ0v) is 12.4. The highest BCUT2D eigenvalue weighted by Gasteiger charge is 2.07. The third-order valence-electron chi connectivity index (χ3n) is 2.81. The van der Waals surface area contributed by atoms with E-state index in [2.05, 4.69) is 0 Å². The van der Waals surface area contributed by atoms with Gasteiger partial charge in [-0.05, 0) is 35.9 Å². The fourth-order valence-electron chi connectivity index (χ4n) is 1.70. The van der Waals surface area contributed by atoms with Crippen LogP contribution in [0.3, 0.4) is 0 Å². The lowest BCUT2D eigenvalue weighted by Crippen LogP contribution is -2.10. The predicted octanol–water partition coefficient (Wildman–Crippen LogP) is 3.43. The number of hydrogen-bond donors (Lipinski definition) is 2. The van der Waals surface area contributed by atoms with Crippen LogP contribution in [0.2, 0.25) is 5.02 Å². The molecule has 0 aromatic heterocycles. The molecule has 3 N–H and O–H groups in total. The Kier molecular flexibility index (Phi) is 4.88.